The fourth-order valence-corrected chi connectivity index (χ4v) is 0.719. The Morgan fingerprint density at radius 3 is 2.45 bits per heavy atom. The van der Waals surface area contributed by atoms with Gasteiger partial charge in [-0.25, -0.2) is 0 Å². The summed E-state index contributed by atoms with van der Waals surface area (Å²) in [7, 11) is 0. The molecule has 68 valence electrons. The molecule has 0 amide bonds. The molecule has 11 heavy (non-hydrogen) atoms. The molecule has 0 aromatic rings. The molecule has 0 atom stereocenters. The molecule has 5 heteroatoms. The summed E-state index contributed by atoms with van der Waals surface area (Å²) in [4.78, 5) is 3.95. The van der Waals surface area contributed by atoms with Crippen LogP contribution in [0.2, 0.25) is 0 Å². The summed E-state index contributed by atoms with van der Waals surface area (Å²) in [5.74, 6) is 0. The van der Waals surface area contributed by atoms with Crippen molar-refractivity contribution in [2.24, 2.45) is 0 Å². The smallest absolute Gasteiger partial charge is 0.0654 e. The van der Waals surface area contributed by atoms with E-state index < -0.39 is 0 Å². The Labute approximate surface area is 77.4 Å². The van der Waals surface area contributed by atoms with Crippen molar-refractivity contribution in [3.63, 3.8) is 0 Å². The molecule has 0 heterocycles. The molecule has 1 N–H and O–H groups in total. The zero-order chi connectivity index (χ0) is 7.82. The van der Waals surface area contributed by atoms with Gasteiger partial charge in [0.25, 0.3) is 0 Å². The number of nitrogens with one attached hydrogen (secondary N) is 1. The average molecular weight is 210 g/mol. The van der Waals surface area contributed by atoms with Gasteiger partial charge in [-0.2, -0.15) is 0 Å². The van der Waals surface area contributed by atoms with Gasteiger partial charge in [0.2, 0.25) is 6.54 Å². The van der Waals surface area contributed by atoms with Crippen molar-refractivity contribution in [3.8, 4) is 0 Å². The standard InChI is InChI=1S/C6H14N2O2.Cu/c1-2-3-4-5-6-8(7)10-9;/h7H,2-6H2,1H3;/q+1;+2. The van der Waals surface area contributed by atoms with E-state index in [2.05, 4.69) is 11.9 Å². The minimum absolute atomic E-state index is 0. The summed E-state index contributed by atoms with van der Waals surface area (Å²) in [5, 5.41) is 9.53. The predicted octanol–water partition coefficient (Wildman–Crippen LogP) is 1.88. The minimum atomic E-state index is 0. The molecule has 0 spiro atoms. The third-order valence-electron chi connectivity index (χ3n) is 1.30. The van der Waals surface area contributed by atoms with Gasteiger partial charge in [0, 0.05) is 6.42 Å². The van der Waals surface area contributed by atoms with Gasteiger partial charge in [-0.05, 0) is 16.9 Å². The van der Waals surface area contributed by atoms with Crippen LogP contribution in [0.3, 0.4) is 0 Å². The fraction of sp³-hybridized carbons (Fsp3) is 1.00. The second-order valence-electron chi connectivity index (χ2n) is 2.24. The first-order chi connectivity index (χ1) is 4.81. The Balaban J connectivity index is 0. The van der Waals surface area contributed by atoms with Crippen molar-refractivity contribution in [2.45, 2.75) is 32.6 Å². The average Bonchev–Trinajstić information content (AvgIpc) is 1.98. The third kappa shape index (κ3) is 9.88. The van der Waals surface area contributed by atoms with Crippen LogP contribution in [0.5, 0.6) is 0 Å². The topological polar surface area (TPSA) is 56.0 Å². The van der Waals surface area contributed by atoms with Crippen LogP contribution in [-0.4, -0.2) is 11.4 Å². The zero-order valence-corrected chi connectivity index (χ0v) is 7.54. The molecule has 0 aromatic carbocycles. The van der Waals surface area contributed by atoms with E-state index >= 15 is 0 Å². The molecule has 0 saturated carbocycles. The summed E-state index contributed by atoms with van der Waals surface area (Å²) >= 11 is 0. The van der Waals surface area contributed by atoms with Crippen LogP contribution >= 0.6 is 0 Å². The van der Waals surface area contributed by atoms with Gasteiger partial charge in [0.05, 0.1) is 5.26 Å². The van der Waals surface area contributed by atoms with Gasteiger partial charge < -0.3 is 0 Å². The van der Waals surface area contributed by atoms with E-state index in [0.717, 1.165) is 25.7 Å². The summed E-state index contributed by atoms with van der Waals surface area (Å²) in [6.07, 6.45) is 4.25. The zero-order valence-electron chi connectivity index (χ0n) is 6.60. The molecular formula is C6H14CuN2O2+3. The molecular weight excluding hydrogens is 196 g/mol. The molecule has 0 aliphatic carbocycles. The third-order valence-corrected chi connectivity index (χ3v) is 1.30. The molecule has 0 saturated heterocycles. The fourth-order valence-electron chi connectivity index (χ4n) is 0.719. The minimum Gasteiger partial charge on any atom is -0.0654 e. The van der Waals surface area contributed by atoms with Crippen LogP contribution in [-0.2, 0) is 27.3 Å². The van der Waals surface area contributed by atoms with E-state index in [1.54, 1.807) is 0 Å². The van der Waals surface area contributed by atoms with E-state index in [9.17, 15) is 5.26 Å². The van der Waals surface area contributed by atoms with Crippen LogP contribution in [0, 0.1) is 5.53 Å². The molecule has 0 aromatic heterocycles. The number of hydrogen-bond donors (Lipinski definition) is 1. The van der Waals surface area contributed by atoms with Crippen LogP contribution < -0.4 is 0 Å². The second-order valence-corrected chi connectivity index (χ2v) is 2.24. The molecule has 2 radical (unpaired) electrons. The SMILES string of the molecule is CCCCCC[N+](=N)O[O].[Cu+2]. The number of nitrogens with zero attached hydrogens (tertiary/aromatic N) is 1. The first-order valence-electron chi connectivity index (χ1n) is 3.60. The Morgan fingerprint density at radius 1 is 1.36 bits per heavy atom. The van der Waals surface area contributed by atoms with Crippen molar-refractivity contribution in [3.05, 3.63) is 0 Å². The molecule has 0 fully saturated rings. The number of hydroxylamine groups is 1. The first-order valence-corrected chi connectivity index (χ1v) is 3.60. The van der Waals surface area contributed by atoms with E-state index in [-0.39, 0.29) is 17.1 Å². The number of rotatable bonds is 6. The van der Waals surface area contributed by atoms with E-state index in [1.165, 1.54) is 0 Å². The van der Waals surface area contributed by atoms with Gasteiger partial charge in [0.15, 0.2) is 0 Å². The molecule has 4 nitrogen and oxygen atoms in total. The quantitative estimate of drug-likeness (QED) is 0.178. The molecule has 0 unspecified atom stereocenters. The van der Waals surface area contributed by atoms with Gasteiger partial charge in [0.1, 0.15) is 4.86 Å². The summed E-state index contributed by atoms with van der Waals surface area (Å²) in [6, 6.07) is 0. The maximum absolute atomic E-state index is 9.53. The van der Waals surface area contributed by atoms with Crippen molar-refractivity contribution >= 4 is 0 Å². The summed E-state index contributed by atoms with van der Waals surface area (Å²) in [5.41, 5.74) is 6.75. The maximum atomic E-state index is 9.53. The molecule has 0 bridgehead atoms. The number of unbranched alkanes of at least 4 members (excludes halogenated alkanes) is 3. The Hall–Kier alpha value is -0.121. The van der Waals surface area contributed by atoms with Crippen molar-refractivity contribution in [2.75, 3.05) is 6.54 Å². The van der Waals surface area contributed by atoms with E-state index in [4.69, 9.17) is 5.53 Å². The molecule has 0 rings (SSSR count). The first kappa shape index (κ1) is 13.5. The summed E-state index contributed by atoms with van der Waals surface area (Å²) in [6.45, 7) is 2.52. The summed E-state index contributed by atoms with van der Waals surface area (Å²) < 4.78 is 0. The molecule has 0 aliphatic heterocycles. The maximum Gasteiger partial charge on any atom is 2.00 e. The van der Waals surface area contributed by atoms with Gasteiger partial charge >= 0.3 is 17.1 Å². The van der Waals surface area contributed by atoms with Crippen LogP contribution in [0.4, 0.5) is 0 Å². The van der Waals surface area contributed by atoms with E-state index in [1.807, 2.05) is 0 Å². The van der Waals surface area contributed by atoms with Crippen molar-refractivity contribution in [1.82, 2.24) is 0 Å². The second kappa shape index (κ2) is 9.88. The van der Waals surface area contributed by atoms with Crippen molar-refractivity contribution < 1.29 is 32.2 Å². The van der Waals surface area contributed by atoms with Gasteiger partial charge in [-0.1, -0.05) is 19.8 Å². The van der Waals surface area contributed by atoms with E-state index in [0.29, 0.717) is 11.4 Å². The van der Waals surface area contributed by atoms with Gasteiger partial charge in [-0.3, -0.25) is 0 Å². The Bertz CT molecular complexity index is 101. The largest absolute Gasteiger partial charge is 2.00 e. The number of hydrogen-bond acceptors (Lipinski definition) is 2. The van der Waals surface area contributed by atoms with Crippen LogP contribution in [0.15, 0.2) is 0 Å². The van der Waals surface area contributed by atoms with Crippen LogP contribution in [0.1, 0.15) is 32.6 Å². The van der Waals surface area contributed by atoms with Crippen molar-refractivity contribution in [1.29, 1.82) is 5.53 Å². The molecule has 0 aliphatic rings. The van der Waals surface area contributed by atoms with Crippen LogP contribution in [0.25, 0.3) is 0 Å². The predicted molar refractivity (Wildman–Crippen MR) is 33.8 cm³/mol. The Kier molecular flexibility index (Phi) is 12.1. The normalized spacial score (nSPS) is 8.55. The Morgan fingerprint density at radius 2 is 2.00 bits per heavy atom. The van der Waals surface area contributed by atoms with Gasteiger partial charge in [-0.15, -0.1) is 0 Å². The monoisotopic (exact) mass is 209 g/mol.